The Labute approximate surface area is 122 Å². The molecule has 0 amide bonds. The van der Waals surface area contributed by atoms with Crippen LogP contribution < -0.4 is 4.74 Å². The molecule has 1 aromatic carbocycles. The molecule has 1 aromatic rings. The third-order valence-electron chi connectivity index (χ3n) is 4.27. The van der Waals surface area contributed by atoms with Gasteiger partial charge in [-0.3, -0.25) is 0 Å². The summed E-state index contributed by atoms with van der Waals surface area (Å²) in [6, 6.07) is 9.49. The summed E-state index contributed by atoms with van der Waals surface area (Å²) in [7, 11) is 0. The van der Waals surface area contributed by atoms with E-state index in [0.717, 1.165) is 37.2 Å². The molecule has 0 spiro atoms. The maximum absolute atomic E-state index is 8.84. The van der Waals surface area contributed by atoms with E-state index in [-0.39, 0.29) is 0 Å². The first-order chi connectivity index (χ1) is 9.69. The predicted molar refractivity (Wildman–Crippen MR) is 80.7 cm³/mol. The molecule has 0 bridgehead atoms. The molecule has 1 aliphatic heterocycles. The van der Waals surface area contributed by atoms with Gasteiger partial charge in [-0.25, -0.2) is 0 Å². The normalized spacial score (nSPS) is 23.2. The second-order valence-corrected chi connectivity index (χ2v) is 5.89. The number of benzene rings is 1. The Balaban J connectivity index is 1.68. The highest BCUT2D eigenvalue weighted by Crippen LogP contribution is 2.22. The highest BCUT2D eigenvalue weighted by Gasteiger charge is 2.21. The molecule has 2 rings (SSSR count). The first-order valence-corrected chi connectivity index (χ1v) is 7.54. The Bertz CT molecular complexity index is 466. The highest BCUT2D eigenvalue weighted by molar-refractivity contribution is 5.36. The molecule has 1 saturated heterocycles. The van der Waals surface area contributed by atoms with Gasteiger partial charge in [-0.2, -0.15) is 5.26 Å². The SMILES string of the molecule is CC1CCN(CCCOc2cccc(C#N)c2)CC1C. The molecule has 0 N–H and O–H groups in total. The number of rotatable bonds is 5. The Morgan fingerprint density at radius 1 is 1.35 bits per heavy atom. The van der Waals surface area contributed by atoms with Gasteiger partial charge in [0.1, 0.15) is 5.75 Å². The van der Waals surface area contributed by atoms with E-state index in [1.165, 1.54) is 19.5 Å². The molecule has 2 atom stereocenters. The van der Waals surface area contributed by atoms with Crippen LogP contribution in [-0.2, 0) is 0 Å². The van der Waals surface area contributed by atoms with Crippen molar-refractivity contribution < 1.29 is 4.74 Å². The van der Waals surface area contributed by atoms with Gasteiger partial charge in [-0.15, -0.1) is 0 Å². The van der Waals surface area contributed by atoms with E-state index in [9.17, 15) is 0 Å². The third kappa shape index (κ3) is 4.25. The molecule has 3 nitrogen and oxygen atoms in total. The second-order valence-electron chi connectivity index (χ2n) is 5.89. The van der Waals surface area contributed by atoms with E-state index in [1.807, 2.05) is 12.1 Å². The first-order valence-electron chi connectivity index (χ1n) is 7.54. The molecule has 1 aliphatic rings. The maximum Gasteiger partial charge on any atom is 0.120 e. The van der Waals surface area contributed by atoms with Crippen molar-refractivity contribution in [1.82, 2.24) is 4.90 Å². The average Bonchev–Trinajstić information content (AvgIpc) is 2.47. The summed E-state index contributed by atoms with van der Waals surface area (Å²) < 4.78 is 5.71. The molecule has 1 heterocycles. The van der Waals surface area contributed by atoms with E-state index >= 15 is 0 Å². The van der Waals surface area contributed by atoms with E-state index in [1.54, 1.807) is 12.1 Å². The van der Waals surface area contributed by atoms with Crippen LogP contribution in [-0.4, -0.2) is 31.1 Å². The molecule has 0 aliphatic carbocycles. The number of hydrogen-bond donors (Lipinski definition) is 0. The highest BCUT2D eigenvalue weighted by atomic mass is 16.5. The first kappa shape index (κ1) is 14.9. The zero-order valence-corrected chi connectivity index (χ0v) is 12.5. The van der Waals surface area contributed by atoms with Crippen molar-refractivity contribution >= 4 is 0 Å². The van der Waals surface area contributed by atoms with Crippen molar-refractivity contribution in [3.63, 3.8) is 0 Å². The van der Waals surface area contributed by atoms with Gasteiger partial charge in [0.15, 0.2) is 0 Å². The van der Waals surface area contributed by atoms with E-state index in [2.05, 4.69) is 24.8 Å². The predicted octanol–water partition coefficient (Wildman–Crippen LogP) is 3.31. The van der Waals surface area contributed by atoms with Gasteiger partial charge in [0.25, 0.3) is 0 Å². The van der Waals surface area contributed by atoms with Crippen LogP contribution in [0.5, 0.6) is 5.75 Å². The van der Waals surface area contributed by atoms with Crippen molar-refractivity contribution in [2.75, 3.05) is 26.2 Å². The summed E-state index contributed by atoms with van der Waals surface area (Å²) in [5.74, 6) is 2.46. The van der Waals surface area contributed by atoms with Crippen LogP contribution in [0.4, 0.5) is 0 Å². The minimum absolute atomic E-state index is 0.654. The van der Waals surface area contributed by atoms with Crippen molar-refractivity contribution in [3.05, 3.63) is 29.8 Å². The summed E-state index contributed by atoms with van der Waals surface area (Å²) in [6.07, 6.45) is 2.35. The molecule has 0 radical (unpaired) electrons. The lowest BCUT2D eigenvalue weighted by Crippen LogP contribution is -2.39. The van der Waals surface area contributed by atoms with Crippen LogP contribution in [0, 0.1) is 23.2 Å². The summed E-state index contributed by atoms with van der Waals surface area (Å²) in [6.45, 7) is 8.96. The van der Waals surface area contributed by atoms with Crippen LogP contribution in [0.1, 0.15) is 32.3 Å². The Morgan fingerprint density at radius 2 is 2.20 bits per heavy atom. The number of nitrogens with zero attached hydrogens (tertiary/aromatic N) is 2. The number of likely N-dealkylation sites (tertiary alicyclic amines) is 1. The van der Waals surface area contributed by atoms with E-state index < -0.39 is 0 Å². The summed E-state index contributed by atoms with van der Waals surface area (Å²) in [5, 5.41) is 8.84. The van der Waals surface area contributed by atoms with Crippen molar-refractivity contribution in [1.29, 1.82) is 5.26 Å². The van der Waals surface area contributed by atoms with E-state index in [0.29, 0.717) is 5.56 Å². The second kappa shape index (κ2) is 7.31. The van der Waals surface area contributed by atoms with Crippen LogP contribution in [0.2, 0.25) is 0 Å². The zero-order chi connectivity index (χ0) is 14.4. The molecule has 3 heteroatoms. The molecule has 2 unspecified atom stereocenters. The number of ether oxygens (including phenoxy) is 1. The maximum atomic E-state index is 8.84. The fraction of sp³-hybridized carbons (Fsp3) is 0.588. The average molecular weight is 272 g/mol. The van der Waals surface area contributed by atoms with Gasteiger partial charge >= 0.3 is 0 Å². The van der Waals surface area contributed by atoms with Gasteiger partial charge in [-0.05, 0) is 49.4 Å². The molecule has 0 aromatic heterocycles. The lowest BCUT2D eigenvalue weighted by atomic mass is 9.89. The van der Waals surface area contributed by atoms with Crippen molar-refractivity contribution in [3.8, 4) is 11.8 Å². The molecular weight excluding hydrogens is 248 g/mol. The number of nitriles is 1. The van der Waals surface area contributed by atoms with Crippen LogP contribution in [0.15, 0.2) is 24.3 Å². The number of piperidine rings is 1. The fourth-order valence-corrected chi connectivity index (χ4v) is 2.69. The lowest BCUT2D eigenvalue weighted by Gasteiger charge is -2.35. The van der Waals surface area contributed by atoms with Crippen LogP contribution >= 0.6 is 0 Å². The van der Waals surface area contributed by atoms with Crippen molar-refractivity contribution in [2.24, 2.45) is 11.8 Å². The molecule has 20 heavy (non-hydrogen) atoms. The topological polar surface area (TPSA) is 36.3 Å². The van der Waals surface area contributed by atoms with Gasteiger partial charge in [0.05, 0.1) is 18.2 Å². The summed E-state index contributed by atoms with van der Waals surface area (Å²) >= 11 is 0. The van der Waals surface area contributed by atoms with Gasteiger partial charge in [0.2, 0.25) is 0 Å². The van der Waals surface area contributed by atoms with Gasteiger partial charge < -0.3 is 9.64 Å². The van der Waals surface area contributed by atoms with Crippen LogP contribution in [0.25, 0.3) is 0 Å². The lowest BCUT2D eigenvalue weighted by molar-refractivity contribution is 0.130. The summed E-state index contributed by atoms with van der Waals surface area (Å²) in [5.41, 5.74) is 0.654. The quantitative estimate of drug-likeness (QED) is 0.772. The molecular formula is C17H24N2O. The Kier molecular flexibility index (Phi) is 5.43. The monoisotopic (exact) mass is 272 g/mol. The minimum Gasteiger partial charge on any atom is -0.494 e. The minimum atomic E-state index is 0.654. The van der Waals surface area contributed by atoms with Crippen LogP contribution in [0.3, 0.4) is 0 Å². The smallest absolute Gasteiger partial charge is 0.120 e. The fourth-order valence-electron chi connectivity index (χ4n) is 2.69. The third-order valence-corrected chi connectivity index (χ3v) is 4.27. The Morgan fingerprint density at radius 3 is 2.95 bits per heavy atom. The summed E-state index contributed by atoms with van der Waals surface area (Å²) in [4.78, 5) is 2.54. The molecule has 0 saturated carbocycles. The standard InChI is InChI=1S/C17H24N2O/c1-14-7-9-19(13-15(14)2)8-4-10-20-17-6-3-5-16(11-17)12-18/h3,5-6,11,14-15H,4,7-10,13H2,1-2H3. The van der Waals surface area contributed by atoms with Gasteiger partial charge in [0, 0.05) is 13.1 Å². The Hall–Kier alpha value is -1.53. The van der Waals surface area contributed by atoms with Gasteiger partial charge in [-0.1, -0.05) is 19.9 Å². The van der Waals surface area contributed by atoms with E-state index in [4.69, 9.17) is 10.00 Å². The number of hydrogen-bond acceptors (Lipinski definition) is 3. The largest absolute Gasteiger partial charge is 0.494 e. The molecule has 1 fully saturated rings. The van der Waals surface area contributed by atoms with Crippen molar-refractivity contribution in [2.45, 2.75) is 26.7 Å². The zero-order valence-electron chi connectivity index (χ0n) is 12.5. The molecule has 108 valence electrons.